The zero-order valence-electron chi connectivity index (χ0n) is 15.0. The van der Waals surface area contributed by atoms with E-state index in [9.17, 15) is 4.79 Å². The molecule has 132 valence electrons. The van der Waals surface area contributed by atoms with Crippen LogP contribution in [0.15, 0.2) is 48.9 Å². The molecular formula is C20H26N4O. The summed E-state index contributed by atoms with van der Waals surface area (Å²) in [7, 11) is 3.81. The third-order valence-corrected chi connectivity index (χ3v) is 5.22. The smallest absolute Gasteiger partial charge is 0.242 e. The number of hydrogen-bond donors (Lipinski definition) is 0. The highest BCUT2D eigenvalue weighted by atomic mass is 16.2. The fraction of sp³-hybridized carbons (Fsp3) is 0.450. The number of hydrogen-bond acceptors (Lipinski definition) is 4. The van der Waals surface area contributed by atoms with Gasteiger partial charge >= 0.3 is 0 Å². The minimum atomic E-state index is 0.135. The van der Waals surface area contributed by atoms with E-state index in [-0.39, 0.29) is 5.91 Å². The van der Waals surface area contributed by atoms with E-state index in [4.69, 9.17) is 0 Å². The molecule has 0 aliphatic heterocycles. The SMILES string of the molecule is CN(CC(=O)N(C)C1CCC(c2ccccc2)CC1)c1cnccn1. The summed E-state index contributed by atoms with van der Waals surface area (Å²) >= 11 is 0. The van der Waals surface area contributed by atoms with Crippen LogP contribution in [0, 0.1) is 0 Å². The minimum Gasteiger partial charge on any atom is -0.349 e. The van der Waals surface area contributed by atoms with Crippen molar-refractivity contribution in [2.24, 2.45) is 0 Å². The van der Waals surface area contributed by atoms with Gasteiger partial charge in [0.1, 0.15) is 5.82 Å². The van der Waals surface area contributed by atoms with Crippen molar-refractivity contribution in [1.29, 1.82) is 0 Å². The lowest BCUT2D eigenvalue weighted by molar-refractivity contribution is -0.131. The van der Waals surface area contributed by atoms with Gasteiger partial charge in [0.15, 0.2) is 0 Å². The summed E-state index contributed by atoms with van der Waals surface area (Å²) in [5.41, 5.74) is 1.43. The molecule has 1 aromatic carbocycles. The Bertz CT molecular complexity index is 669. The van der Waals surface area contributed by atoms with Gasteiger partial charge < -0.3 is 9.80 Å². The normalized spacial score (nSPS) is 20.1. The van der Waals surface area contributed by atoms with Crippen molar-refractivity contribution in [2.45, 2.75) is 37.6 Å². The molecule has 3 rings (SSSR count). The monoisotopic (exact) mass is 338 g/mol. The zero-order chi connectivity index (χ0) is 17.6. The van der Waals surface area contributed by atoms with Gasteiger partial charge in [-0.2, -0.15) is 0 Å². The van der Waals surface area contributed by atoms with Crippen LogP contribution in [0.25, 0.3) is 0 Å². The molecule has 0 radical (unpaired) electrons. The Labute approximate surface area is 149 Å². The van der Waals surface area contributed by atoms with E-state index in [2.05, 4.69) is 40.3 Å². The molecule has 1 aliphatic rings. The van der Waals surface area contributed by atoms with E-state index < -0.39 is 0 Å². The van der Waals surface area contributed by atoms with Gasteiger partial charge in [0, 0.05) is 32.5 Å². The Morgan fingerprint density at radius 1 is 1.08 bits per heavy atom. The second kappa shape index (κ2) is 8.10. The first-order chi connectivity index (χ1) is 12.1. The molecule has 2 aromatic rings. The van der Waals surface area contributed by atoms with E-state index in [0.717, 1.165) is 31.5 Å². The first-order valence-electron chi connectivity index (χ1n) is 8.93. The van der Waals surface area contributed by atoms with Crippen LogP contribution < -0.4 is 4.90 Å². The fourth-order valence-corrected chi connectivity index (χ4v) is 3.61. The lowest BCUT2D eigenvalue weighted by Crippen LogP contribution is -2.44. The van der Waals surface area contributed by atoms with Crippen LogP contribution in [0.3, 0.4) is 0 Å². The number of rotatable bonds is 5. The predicted octanol–water partition coefficient (Wildman–Crippen LogP) is 3.10. The summed E-state index contributed by atoms with van der Waals surface area (Å²) in [5.74, 6) is 1.48. The Morgan fingerprint density at radius 2 is 1.80 bits per heavy atom. The second-order valence-corrected chi connectivity index (χ2v) is 6.84. The van der Waals surface area contributed by atoms with Crippen LogP contribution >= 0.6 is 0 Å². The topological polar surface area (TPSA) is 49.3 Å². The van der Waals surface area contributed by atoms with Crippen molar-refractivity contribution in [3.63, 3.8) is 0 Å². The maximum Gasteiger partial charge on any atom is 0.242 e. The molecule has 0 spiro atoms. The average molecular weight is 338 g/mol. The number of likely N-dealkylation sites (N-methyl/N-ethyl adjacent to an activating group) is 2. The summed E-state index contributed by atoms with van der Waals surface area (Å²) in [5, 5.41) is 0. The third-order valence-electron chi connectivity index (χ3n) is 5.22. The Balaban J connectivity index is 1.52. The van der Waals surface area contributed by atoms with Crippen molar-refractivity contribution in [2.75, 3.05) is 25.5 Å². The van der Waals surface area contributed by atoms with Crippen LogP contribution in [0.4, 0.5) is 5.82 Å². The molecule has 25 heavy (non-hydrogen) atoms. The van der Waals surface area contributed by atoms with Crippen LogP contribution in [-0.4, -0.2) is 47.5 Å². The molecule has 1 heterocycles. The van der Waals surface area contributed by atoms with E-state index in [1.807, 2.05) is 23.9 Å². The molecular weight excluding hydrogens is 312 g/mol. The van der Waals surface area contributed by atoms with E-state index in [0.29, 0.717) is 18.5 Å². The van der Waals surface area contributed by atoms with Gasteiger partial charge in [0.25, 0.3) is 0 Å². The standard InChI is InChI=1S/C20H26N4O/c1-23(19-14-21-12-13-22-19)15-20(25)24(2)18-10-8-17(9-11-18)16-6-4-3-5-7-16/h3-7,12-14,17-18H,8-11,15H2,1-2H3. The van der Waals surface area contributed by atoms with E-state index >= 15 is 0 Å². The number of aromatic nitrogens is 2. The second-order valence-electron chi connectivity index (χ2n) is 6.84. The van der Waals surface area contributed by atoms with Crippen LogP contribution in [0.5, 0.6) is 0 Å². The number of anilines is 1. The Kier molecular flexibility index (Phi) is 5.64. The first kappa shape index (κ1) is 17.4. The molecule has 1 fully saturated rings. The number of amides is 1. The highest BCUT2D eigenvalue weighted by molar-refractivity contribution is 5.81. The van der Waals surface area contributed by atoms with Gasteiger partial charge in [-0.1, -0.05) is 30.3 Å². The molecule has 5 nitrogen and oxygen atoms in total. The quantitative estimate of drug-likeness (QED) is 0.840. The number of carbonyl (C=O) groups is 1. The van der Waals surface area contributed by atoms with Crippen LogP contribution in [0.2, 0.25) is 0 Å². The summed E-state index contributed by atoms with van der Waals surface area (Å²) in [6.45, 7) is 0.327. The van der Waals surface area contributed by atoms with Crippen molar-refractivity contribution in [3.05, 3.63) is 54.5 Å². The van der Waals surface area contributed by atoms with Gasteiger partial charge in [-0.15, -0.1) is 0 Å². The lowest BCUT2D eigenvalue weighted by Gasteiger charge is -2.35. The lowest BCUT2D eigenvalue weighted by atomic mass is 9.81. The third kappa shape index (κ3) is 4.35. The van der Waals surface area contributed by atoms with Crippen molar-refractivity contribution in [3.8, 4) is 0 Å². The molecule has 0 N–H and O–H groups in total. The predicted molar refractivity (Wildman–Crippen MR) is 99.5 cm³/mol. The Hall–Kier alpha value is -2.43. The minimum absolute atomic E-state index is 0.135. The molecule has 0 unspecified atom stereocenters. The molecule has 1 aromatic heterocycles. The summed E-state index contributed by atoms with van der Waals surface area (Å²) in [4.78, 5) is 24.7. The maximum atomic E-state index is 12.6. The largest absolute Gasteiger partial charge is 0.349 e. The molecule has 0 atom stereocenters. The zero-order valence-corrected chi connectivity index (χ0v) is 15.0. The molecule has 0 bridgehead atoms. The highest BCUT2D eigenvalue weighted by Gasteiger charge is 2.27. The van der Waals surface area contributed by atoms with Gasteiger partial charge in [0.2, 0.25) is 5.91 Å². The molecule has 0 saturated heterocycles. The fourth-order valence-electron chi connectivity index (χ4n) is 3.61. The number of nitrogens with zero attached hydrogens (tertiary/aromatic N) is 4. The van der Waals surface area contributed by atoms with Gasteiger partial charge in [-0.05, 0) is 37.2 Å². The highest BCUT2D eigenvalue weighted by Crippen LogP contribution is 2.34. The van der Waals surface area contributed by atoms with Gasteiger partial charge in [-0.3, -0.25) is 9.78 Å². The Morgan fingerprint density at radius 3 is 2.44 bits per heavy atom. The molecule has 1 saturated carbocycles. The van der Waals surface area contributed by atoms with Gasteiger partial charge in [-0.25, -0.2) is 4.98 Å². The summed E-state index contributed by atoms with van der Waals surface area (Å²) in [6, 6.07) is 11.1. The van der Waals surface area contributed by atoms with Crippen LogP contribution in [0.1, 0.15) is 37.2 Å². The summed E-state index contributed by atoms with van der Waals surface area (Å²) < 4.78 is 0. The van der Waals surface area contributed by atoms with Gasteiger partial charge in [0.05, 0.1) is 12.7 Å². The van der Waals surface area contributed by atoms with Crippen molar-refractivity contribution in [1.82, 2.24) is 14.9 Å². The molecule has 1 aliphatic carbocycles. The average Bonchev–Trinajstić information content (AvgIpc) is 2.69. The number of benzene rings is 1. The number of carbonyl (C=O) groups excluding carboxylic acids is 1. The maximum absolute atomic E-state index is 12.6. The van der Waals surface area contributed by atoms with Crippen LogP contribution in [-0.2, 0) is 4.79 Å². The van der Waals surface area contributed by atoms with E-state index in [1.54, 1.807) is 18.6 Å². The molecule has 5 heteroatoms. The van der Waals surface area contributed by atoms with Crippen molar-refractivity contribution < 1.29 is 4.79 Å². The first-order valence-corrected chi connectivity index (χ1v) is 8.93. The molecule has 1 amide bonds. The summed E-state index contributed by atoms with van der Waals surface area (Å²) in [6.07, 6.45) is 9.38. The van der Waals surface area contributed by atoms with Crippen molar-refractivity contribution >= 4 is 11.7 Å². The van der Waals surface area contributed by atoms with E-state index in [1.165, 1.54) is 5.56 Å².